The molecule has 2 heterocycles. The third-order valence-electron chi connectivity index (χ3n) is 6.12. The van der Waals surface area contributed by atoms with Crippen LogP contribution in [0, 0.1) is 0 Å². The van der Waals surface area contributed by atoms with Crippen molar-refractivity contribution in [2.75, 3.05) is 45.4 Å². The minimum atomic E-state index is 0.0165. The summed E-state index contributed by atoms with van der Waals surface area (Å²) in [7, 11) is 4.05. The molecule has 6 nitrogen and oxygen atoms in total. The van der Waals surface area contributed by atoms with Gasteiger partial charge in [0, 0.05) is 51.6 Å². The minimum absolute atomic E-state index is 0.0165. The lowest BCUT2D eigenvalue weighted by molar-refractivity contribution is 0.0507. The number of carbonyl (C=O) groups is 1. The predicted octanol–water partition coefficient (Wildman–Crippen LogP) is 4.13. The minimum Gasteiger partial charge on any atom is -0.491 e. The van der Waals surface area contributed by atoms with Crippen LogP contribution in [-0.4, -0.2) is 63.5 Å². The Morgan fingerprint density at radius 1 is 0.938 bits per heavy atom. The van der Waals surface area contributed by atoms with Gasteiger partial charge in [-0.15, -0.1) is 0 Å². The molecule has 2 aromatic carbocycles. The van der Waals surface area contributed by atoms with Crippen LogP contribution < -0.4 is 9.64 Å². The average Bonchev–Trinajstić information content (AvgIpc) is 3.52. The van der Waals surface area contributed by atoms with Crippen LogP contribution in [0.1, 0.15) is 41.6 Å². The molecule has 6 heteroatoms. The zero-order valence-electron chi connectivity index (χ0n) is 19.2. The van der Waals surface area contributed by atoms with Crippen LogP contribution >= 0.6 is 0 Å². The third kappa shape index (κ3) is 6.02. The summed E-state index contributed by atoms with van der Waals surface area (Å²) < 4.78 is 17.3. The fourth-order valence-electron chi connectivity index (χ4n) is 4.21. The normalized spacial score (nSPS) is 20.3. The van der Waals surface area contributed by atoms with E-state index in [0.29, 0.717) is 25.3 Å². The summed E-state index contributed by atoms with van der Waals surface area (Å²) in [5.41, 5.74) is 2.92. The Labute approximate surface area is 191 Å². The maximum Gasteiger partial charge on any atom is 0.254 e. The first kappa shape index (κ1) is 22.6. The molecule has 0 aromatic heterocycles. The molecule has 0 radical (unpaired) electrons. The van der Waals surface area contributed by atoms with Crippen molar-refractivity contribution in [3.63, 3.8) is 0 Å². The number of ether oxygens (including phenoxy) is 3. The summed E-state index contributed by atoms with van der Waals surface area (Å²) in [5, 5.41) is 0. The number of rotatable bonds is 9. The molecule has 0 aliphatic carbocycles. The van der Waals surface area contributed by atoms with Gasteiger partial charge in [0.25, 0.3) is 5.91 Å². The van der Waals surface area contributed by atoms with Gasteiger partial charge < -0.3 is 24.0 Å². The highest BCUT2D eigenvalue weighted by Crippen LogP contribution is 2.21. The number of amides is 1. The zero-order chi connectivity index (χ0) is 22.3. The fourth-order valence-corrected chi connectivity index (χ4v) is 4.21. The maximum atomic E-state index is 13.4. The molecular formula is C26H34N2O4. The van der Waals surface area contributed by atoms with Gasteiger partial charge in [-0.3, -0.25) is 4.79 Å². The molecule has 2 fully saturated rings. The molecule has 1 amide bonds. The van der Waals surface area contributed by atoms with Crippen LogP contribution in [0.2, 0.25) is 0 Å². The molecule has 32 heavy (non-hydrogen) atoms. The Morgan fingerprint density at radius 2 is 1.59 bits per heavy atom. The van der Waals surface area contributed by atoms with Gasteiger partial charge in [0.15, 0.2) is 0 Å². The molecule has 2 aliphatic heterocycles. The van der Waals surface area contributed by atoms with E-state index in [0.717, 1.165) is 55.9 Å². The Hall–Kier alpha value is -2.57. The van der Waals surface area contributed by atoms with E-state index in [-0.39, 0.29) is 18.1 Å². The first-order valence-electron chi connectivity index (χ1n) is 11.6. The van der Waals surface area contributed by atoms with Gasteiger partial charge in [-0.25, -0.2) is 0 Å². The summed E-state index contributed by atoms with van der Waals surface area (Å²) in [5.74, 6) is 0.782. The van der Waals surface area contributed by atoms with Crippen LogP contribution in [0.25, 0.3) is 0 Å². The number of hydrogen-bond donors (Lipinski definition) is 0. The van der Waals surface area contributed by atoms with Gasteiger partial charge in [-0.2, -0.15) is 0 Å². The van der Waals surface area contributed by atoms with Crippen LogP contribution in [0.3, 0.4) is 0 Å². The highest BCUT2D eigenvalue weighted by atomic mass is 16.5. The maximum absolute atomic E-state index is 13.4. The van der Waals surface area contributed by atoms with Gasteiger partial charge in [-0.1, -0.05) is 12.1 Å². The summed E-state index contributed by atoms with van der Waals surface area (Å²) >= 11 is 0. The van der Waals surface area contributed by atoms with Crippen LogP contribution in [0.5, 0.6) is 5.75 Å². The van der Waals surface area contributed by atoms with E-state index in [9.17, 15) is 4.79 Å². The topological polar surface area (TPSA) is 51.2 Å². The second-order valence-electron chi connectivity index (χ2n) is 8.85. The molecule has 0 saturated carbocycles. The van der Waals surface area contributed by atoms with Crippen molar-refractivity contribution in [3.8, 4) is 5.75 Å². The standard InChI is InChI=1S/C26H34N2O4/c1-27(2)22-11-7-20(8-12-22)17-28(18-24-5-3-15-30-24)26(29)21-9-13-23(14-10-21)32-19-25-6-4-16-31-25/h7-14,24-25H,3-6,15-19H2,1-2H3. The summed E-state index contributed by atoms with van der Waals surface area (Å²) in [4.78, 5) is 17.4. The van der Waals surface area contributed by atoms with Crippen LogP contribution in [0.15, 0.2) is 48.5 Å². The molecule has 0 spiro atoms. The number of hydrogen-bond acceptors (Lipinski definition) is 5. The van der Waals surface area contributed by atoms with E-state index in [1.807, 2.05) is 43.3 Å². The molecule has 2 saturated heterocycles. The summed E-state index contributed by atoms with van der Waals surface area (Å²) in [6.45, 7) is 3.32. The van der Waals surface area contributed by atoms with Gasteiger partial charge >= 0.3 is 0 Å². The van der Waals surface area contributed by atoms with E-state index in [2.05, 4.69) is 29.2 Å². The van der Waals surface area contributed by atoms with E-state index in [1.165, 1.54) is 0 Å². The van der Waals surface area contributed by atoms with Gasteiger partial charge in [0.05, 0.1) is 12.2 Å². The van der Waals surface area contributed by atoms with Gasteiger partial charge in [-0.05, 0) is 67.6 Å². The highest BCUT2D eigenvalue weighted by Gasteiger charge is 2.24. The Balaban J connectivity index is 1.42. The number of nitrogens with zero attached hydrogens (tertiary/aromatic N) is 2. The molecule has 0 bridgehead atoms. The monoisotopic (exact) mass is 438 g/mol. The molecule has 2 atom stereocenters. The van der Waals surface area contributed by atoms with E-state index < -0.39 is 0 Å². The van der Waals surface area contributed by atoms with E-state index in [1.54, 1.807) is 0 Å². The van der Waals surface area contributed by atoms with Crippen molar-refractivity contribution in [3.05, 3.63) is 59.7 Å². The summed E-state index contributed by atoms with van der Waals surface area (Å²) in [6.07, 6.45) is 4.48. The molecule has 0 N–H and O–H groups in total. The number of anilines is 1. The Morgan fingerprint density at radius 3 is 2.19 bits per heavy atom. The molecular weight excluding hydrogens is 404 g/mol. The zero-order valence-corrected chi connectivity index (χ0v) is 19.2. The van der Waals surface area contributed by atoms with Crippen molar-refractivity contribution in [2.24, 2.45) is 0 Å². The lowest BCUT2D eigenvalue weighted by Crippen LogP contribution is -2.37. The highest BCUT2D eigenvalue weighted by molar-refractivity contribution is 5.94. The van der Waals surface area contributed by atoms with Crippen molar-refractivity contribution < 1.29 is 19.0 Å². The first-order chi connectivity index (χ1) is 15.6. The second-order valence-corrected chi connectivity index (χ2v) is 8.85. The molecule has 172 valence electrons. The SMILES string of the molecule is CN(C)c1ccc(CN(CC2CCCO2)C(=O)c2ccc(OCC3CCCO3)cc2)cc1. The largest absolute Gasteiger partial charge is 0.491 e. The van der Waals surface area contributed by atoms with Crippen LogP contribution in [-0.2, 0) is 16.0 Å². The smallest absolute Gasteiger partial charge is 0.254 e. The van der Waals surface area contributed by atoms with Crippen LogP contribution in [0.4, 0.5) is 5.69 Å². The van der Waals surface area contributed by atoms with Crippen molar-refractivity contribution in [1.29, 1.82) is 0 Å². The second kappa shape index (κ2) is 10.8. The lowest BCUT2D eigenvalue weighted by Gasteiger charge is -2.26. The predicted molar refractivity (Wildman–Crippen MR) is 125 cm³/mol. The first-order valence-corrected chi connectivity index (χ1v) is 11.6. The van der Waals surface area contributed by atoms with Crippen molar-refractivity contribution >= 4 is 11.6 Å². The van der Waals surface area contributed by atoms with Gasteiger partial charge in [0.2, 0.25) is 0 Å². The van der Waals surface area contributed by atoms with E-state index in [4.69, 9.17) is 14.2 Å². The van der Waals surface area contributed by atoms with Crippen molar-refractivity contribution in [1.82, 2.24) is 4.90 Å². The molecule has 2 unspecified atom stereocenters. The van der Waals surface area contributed by atoms with Gasteiger partial charge in [0.1, 0.15) is 12.4 Å². The third-order valence-corrected chi connectivity index (χ3v) is 6.12. The average molecular weight is 439 g/mol. The number of carbonyl (C=O) groups excluding carboxylic acids is 1. The molecule has 4 rings (SSSR count). The Bertz CT molecular complexity index is 854. The molecule has 2 aromatic rings. The quantitative estimate of drug-likeness (QED) is 0.589. The van der Waals surface area contributed by atoms with E-state index >= 15 is 0 Å². The fraction of sp³-hybridized carbons (Fsp3) is 0.500. The number of benzene rings is 2. The van der Waals surface area contributed by atoms with Crippen molar-refractivity contribution in [2.45, 2.75) is 44.4 Å². The Kier molecular flexibility index (Phi) is 7.66. The lowest BCUT2D eigenvalue weighted by atomic mass is 10.1. The molecule has 2 aliphatic rings. The summed E-state index contributed by atoms with van der Waals surface area (Å²) in [6, 6.07) is 15.8.